The average Bonchev–Trinajstić information content (AvgIpc) is 2.69. The van der Waals surface area contributed by atoms with Crippen LogP contribution in [0.1, 0.15) is 16.7 Å². The van der Waals surface area contributed by atoms with Crippen LogP contribution < -0.4 is 4.74 Å². The molecule has 1 aliphatic rings. The molecule has 0 saturated heterocycles. The summed E-state index contributed by atoms with van der Waals surface area (Å²) in [6.45, 7) is 0. The van der Waals surface area contributed by atoms with E-state index < -0.39 is 0 Å². The summed E-state index contributed by atoms with van der Waals surface area (Å²) in [6.07, 6.45) is 1.80. The molecular weight excluding hydrogens is 306 g/mol. The summed E-state index contributed by atoms with van der Waals surface area (Å²) in [7, 11) is 0. The predicted octanol–water partition coefficient (Wildman–Crippen LogP) is 5.54. The highest BCUT2D eigenvalue weighted by Crippen LogP contribution is 2.44. The van der Waals surface area contributed by atoms with Gasteiger partial charge >= 0.3 is 0 Å². The number of nitrogens with zero attached hydrogens (tertiary/aromatic N) is 1. The molecule has 1 aromatic heterocycles. The lowest BCUT2D eigenvalue weighted by molar-refractivity contribution is 0.519. The first kappa shape index (κ1) is 14.0. The van der Waals surface area contributed by atoms with Crippen LogP contribution in [0.2, 0.25) is 0 Å². The van der Waals surface area contributed by atoms with E-state index in [-0.39, 0.29) is 0 Å². The van der Waals surface area contributed by atoms with E-state index >= 15 is 0 Å². The normalized spacial score (nSPS) is 13.0. The van der Waals surface area contributed by atoms with E-state index in [1.165, 1.54) is 0 Å². The Bertz CT molecular complexity index is 1090. The Balaban J connectivity index is 1.89. The molecule has 0 radical (unpaired) electrons. The van der Waals surface area contributed by atoms with E-state index in [0.717, 1.165) is 44.7 Å². The van der Waals surface area contributed by atoms with Gasteiger partial charge in [-0.2, -0.15) is 0 Å². The number of hydrogen-bond acceptors (Lipinski definition) is 2. The molecule has 3 aromatic carbocycles. The second-order valence-corrected chi connectivity index (χ2v) is 6.05. The fourth-order valence-corrected chi connectivity index (χ4v) is 3.44. The zero-order chi connectivity index (χ0) is 16.6. The maximum atomic E-state index is 6.40. The van der Waals surface area contributed by atoms with Gasteiger partial charge in [-0.05, 0) is 23.3 Å². The third-order valence-corrected chi connectivity index (χ3v) is 4.54. The maximum Gasteiger partial charge on any atom is 0.143 e. The van der Waals surface area contributed by atoms with Gasteiger partial charge in [0.2, 0.25) is 0 Å². The number of ether oxygens (including phenoxy) is 1. The van der Waals surface area contributed by atoms with Gasteiger partial charge in [-0.15, -0.1) is 0 Å². The van der Waals surface area contributed by atoms with E-state index in [9.17, 15) is 0 Å². The van der Waals surface area contributed by atoms with Gasteiger partial charge in [0, 0.05) is 17.3 Å². The van der Waals surface area contributed by atoms with Gasteiger partial charge in [-0.25, -0.2) is 0 Å². The lowest BCUT2D eigenvalue weighted by Crippen LogP contribution is -2.07. The van der Waals surface area contributed by atoms with Crippen molar-refractivity contribution in [3.8, 4) is 5.75 Å². The topological polar surface area (TPSA) is 22.1 Å². The number of benzene rings is 3. The zero-order valence-corrected chi connectivity index (χ0v) is 13.5. The minimum atomic E-state index is 0.860. The van der Waals surface area contributed by atoms with Gasteiger partial charge in [0.05, 0.1) is 10.9 Å². The first-order chi connectivity index (χ1) is 12.4. The second kappa shape index (κ2) is 5.60. The summed E-state index contributed by atoms with van der Waals surface area (Å²) in [5, 5.41) is 1.07. The van der Waals surface area contributed by atoms with Gasteiger partial charge < -0.3 is 4.74 Å². The van der Waals surface area contributed by atoms with Crippen molar-refractivity contribution in [2.75, 3.05) is 0 Å². The second-order valence-electron chi connectivity index (χ2n) is 6.05. The highest BCUT2D eigenvalue weighted by molar-refractivity contribution is 6.09. The lowest BCUT2D eigenvalue weighted by atomic mass is 9.89. The first-order valence-corrected chi connectivity index (χ1v) is 8.33. The van der Waals surface area contributed by atoms with Crippen molar-refractivity contribution in [2.24, 2.45) is 0 Å². The quantitative estimate of drug-likeness (QED) is 0.483. The van der Waals surface area contributed by atoms with Crippen molar-refractivity contribution < 1.29 is 4.74 Å². The molecule has 4 aromatic rings. The van der Waals surface area contributed by atoms with Crippen molar-refractivity contribution in [3.05, 3.63) is 108 Å². The number of aromatic nitrogens is 1. The summed E-state index contributed by atoms with van der Waals surface area (Å²) in [5.74, 6) is 1.75. The molecule has 5 rings (SSSR count). The van der Waals surface area contributed by atoms with Crippen LogP contribution >= 0.6 is 0 Å². The molecule has 0 bridgehead atoms. The van der Waals surface area contributed by atoms with Crippen molar-refractivity contribution in [1.29, 1.82) is 0 Å². The molecule has 0 saturated carbocycles. The molecule has 0 amide bonds. The number of pyridine rings is 1. The minimum absolute atomic E-state index is 0.860. The molecule has 0 aliphatic carbocycles. The lowest BCUT2D eigenvalue weighted by Gasteiger charge is -2.24. The Kier molecular flexibility index (Phi) is 3.14. The summed E-state index contributed by atoms with van der Waals surface area (Å²) in [5.41, 5.74) is 5.44. The van der Waals surface area contributed by atoms with E-state index in [0.29, 0.717) is 0 Å². The van der Waals surface area contributed by atoms with Gasteiger partial charge in [0.15, 0.2) is 0 Å². The Hall–Kier alpha value is -3.39. The van der Waals surface area contributed by atoms with E-state index in [4.69, 9.17) is 4.74 Å². The van der Waals surface area contributed by atoms with Crippen molar-refractivity contribution in [2.45, 2.75) is 0 Å². The van der Waals surface area contributed by atoms with E-state index in [1.807, 2.05) is 36.4 Å². The van der Waals surface area contributed by atoms with Crippen LogP contribution in [0.5, 0.6) is 5.75 Å². The number of hydrogen-bond donors (Lipinski definition) is 0. The molecule has 0 fully saturated rings. The zero-order valence-electron chi connectivity index (χ0n) is 13.5. The highest BCUT2D eigenvalue weighted by atomic mass is 16.5. The van der Waals surface area contributed by atoms with Crippen molar-refractivity contribution >= 4 is 22.2 Å². The Morgan fingerprint density at radius 2 is 1.36 bits per heavy atom. The summed E-state index contributed by atoms with van der Waals surface area (Å²) < 4.78 is 6.40. The number of rotatable bonds is 2. The third kappa shape index (κ3) is 2.23. The molecule has 0 atom stereocenters. The van der Waals surface area contributed by atoms with Gasteiger partial charge in [-0.3, -0.25) is 4.98 Å². The summed E-state index contributed by atoms with van der Waals surface area (Å²) in [6, 6.07) is 28.9. The van der Waals surface area contributed by atoms with E-state index in [1.54, 1.807) is 6.20 Å². The van der Waals surface area contributed by atoms with Gasteiger partial charge in [0.25, 0.3) is 0 Å². The van der Waals surface area contributed by atoms with Crippen molar-refractivity contribution in [1.82, 2.24) is 4.98 Å². The predicted molar refractivity (Wildman–Crippen MR) is 101 cm³/mol. The molecule has 0 N–H and O–H groups in total. The van der Waals surface area contributed by atoms with Crippen LogP contribution in [-0.4, -0.2) is 4.98 Å². The fraction of sp³-hybridized carbons (Fsp3) is 0. The fourth-order valence-electron chi connectivity index (χ4n) is 3.44. The van der Waals surface area contributed by atoms with Crippen LogP contribution in [0.4, 0.5) is 0 Å². The van der Waals surface area contributed by atoms with Crippen LogP contribution in [0.15, 0.2) is 91.1 Å². The van der Waals surface area contributed by atoms with Crippen molar-refractivity contribution in [3.63, 3.8) is 0 Å². The van der Waals surface area contributed by atoms with Crippen LogP contribution in [0.3, 0.4) is 0 Å². The molecule has 2 heteroatoms. The molecule has 2 nitrogen and oxygen atoms in total. The average molecular weight is 321 g/mol. The molecule has 0 spiro atoms. The SMILES string of the molecule is c1ccc(C2=C(c3ccccc3)c3cccc4nccc(c34)O2)cc1. The Morgan fingerprint density at radius 3 is 2.12 bits per heavy atom. The highest BCUT2D eigenvalue weighted by Gasteiger charge is 2.24. The van der Waals surface area contributed by atoms with Gasteiger partial charge in [0.1, 0.15) is 11.5 Å². The molecule has 25 heavy (non-hydrogen) atoms. The monoisotopic (exact) mass is 321 g/mol. The van der Waals surface area contributed by atoms with Crippen LogP contribution in [-0.2, 0) is 0 Å². The Morgan fingerprint density at radius 1 is 0.640 bits per heavy atom. The Labute approximate surface area is 146 Å². The summed E-state index contributed by atoms with van der Waals surface area (Å²) in [4.78, 5) is 4.51. The molecule has 0 unspecified atom stereocenters. The first-order valence-electron chi connectivity index (χ1n) is 8.33. The van der Waals surface area contributed by atoms with Gasteiger partial charge in [-0.1, -0.05) is 72.8 Å². The molecule has 2 heterocycles. The standard InChI is InChI=1S/C23H15NO/c1-3-8-16(9-4-1)21-18-12-7-13-19-22(18)20(14-15-24-19)25-23(21)17-10-5-2-6-11-17/h1-15H. The largest absolute Gasteiger partial charge is 0.455 e. The van der Waals surface area contributed by atoms with Crippen LogP contribution in [0, 0.1) is 0 Å². The minimum Gasteiger partial charge on any atom is -0.455 e. The molecular formula is C23H15NO. The van der Waals surface area contributed by atoms with Crippen LogP contribution in [0.25, 0.3) is 22.2 Å². The summed E-state index contributed by atoms with van der Waals surface area (Å²) >= 11 is 0. The smallest absolute Gasteiger partial charge is 0.143 e. The third-order valence-electron chi connectivity index (χ3n) is 4.54. The molecule has 118 valence electrons. The van der Waals surface area contributed by atoms with E-state index in [2.05, 4.69) is 53.5 Å². The maximum absolute atomic E-state index is 6.40. The molecule has 1 aliphatic heterocycles.